The highest BCUT2D eigenvalue weighted by atomic mass is 16.3. The standard InChI is InChI=1S/C15H23N3O3/c1-4-18(5-2)13-8-6-12(7-9-13)16-14(20)15(21)17(3)10-11-19/h6-9,19H,4-5,10-11H2,1-3H3,(H,16,20). The Balaban J connectivity index is 2.67. The van der Waals surface area contributed by atoms with Gasteiger partial charge in [0.2, 0.25) is 0 Å². The van der Waals surface area contributed by atoms with Crippen LogP contribution in [-0.2, 0) is 9.59 Å². The summed E-state index contributed by atoms with van der Waals surface area (Å²) in [6, 6.07) is 7.35. The van der Waals surface area contributed by atoms with Crippen LogP contribution in [-0.4, -0.2) is 55.1 Å². The van der Waals surface area contributed by atoms with Crippen molar-refractivity contribution in [1.29, 1.82) is 0 Å². The summed E-state index contributed by atoms with van der Waals surface area (Å²) in [5.41, 5.74) is 1.64. The van der Waals surface area contributed by atoms with Gasteiger partial charge in [-0.2, -0.15) is 0 Å². The Morgan fingerprint density at radius 2 is 1.71 bits per heavy atom. The zero-order valence-corrected chi connectivity index (χ0v) is 12.8. The Labute approximate surface area is 125 Å². The van der Waals surface area contributed by atoms with Crippen LogP contribution < -0.4 is 10.2 Å². The van der Waals surface area contributed by atoms with Crippen molar-refractivity contribution in [2.24, 2.45) is 0 Å². The fourth-order valence-corrected chi connectivity index (χ4v) is 1.95. The maximum Gasteiger partial charge on any atom is 0.313 e. The molecule has 2 amide bonds. The van der Waals surface area contributed by atoms with Gasteiger partial charge in [-0.3, -0.25) is 9.59 Å². The molecule has 6 heteroatoms. The summed E-state index contributed by atoms with van der Waals surface area (Å²) >= 11 is 0. The van der Waals surface area contributed by atoms with E-state index in [1.165, 1.54) is 11.9 Å². The second-order valence-electron chi connectivity index (χ2n) is 4.62. The van der Waals surface area contributed by atoms with Crippen LogP contribution in [0, 0.1) is 0 Å². The van der Waals surface area contributed by atoms with Crippen molar-refractivity contribution >= 4 is 23.2 Å². The number of likely N-dealkylation sites (N-methyl/N-ethyl adjacent to an activating group) is 1. The quantitative estimate of drug-likeness (QED) is 0.765. The van der Waals surface area contributed by atoms with Crippen LogP contribution in [0.15, 0.2) is 24.3 Å². The smallest absolute Gasteiger partial charge is 0.313 e. The number of hydrogen-bond donors (Lipinski definition) is 2. The number of aliphatic hydroxyl groups is 1. The molecule has 0 spiro atoms. The van der Waals surface area contributed by atoms with Crippen molar-refractivity contribution < 1.29 is 14.7 Å². The molecule has 0 aliphatic rings. The molecule has 116 valence electrons. The van der Waals surface area contributed by atoms with Gasteiger partial charge >= 0.3 is 11.8 Å². The lowest BCUT2D eigenvalue weighted by Crippen LogP contribution is -2.38. The molecule has 0 fully saturated rings. The number of hydrogen-bond acceptors (Lipinski definition) is 4. The molecule has 2 N–H and O–H groups in total. The lowest BCUT2D eigenvalue weighted by Gasteiger charge is -2.21. The van der Waals surface area contributed by atoms with Gasteiger partial charge in [-0.05, 0) is 38.1 Å². The normalized spacial score (nSPS) is 10.1. The molecule has 6 nitrogen and oxygen atoms in total. The minimum atomic E-state index is -0.707. The number of anilines is 2. The average Bonchev–Trinajstić information content (AvgIpc) is 2.49. The van der Waals surface area contributed by atoms with Crippen LogP contribution in [0.1, 0.15) is 13.8 Å². The molecule has 0 heterocycles. The van der Waals surface area contributed by atoms with Crippen LogP contribution in [0.25, 0.3) is 0 Å². The minimum Gasteiger partial charge on any atom is -0.395 e. The maximum absolute atomic E-state index is 11.8. The summed E-state index contributed by atoms with van der Waals surface area (Å²) in [6.07, 6.45) is 0. The summed E-state index contributed by atoms with van der Waals surface area (Å²) in [5, 5.41) is 11.3. The SMILES string of the molecule is CCN(CC)c1ccc(NC(=O)C(=O)N(C)CCO)cc1. The minimum absolute atomic E-state index is 0.132. The number of rotatable bonds is 6. The molecule has 0 aliphatic carbocycles. The molecular weight excluding hydrogens is 270 g/mol. The molecule has 0 atom stereocenters. The van der Waals surface area contributed by atoms with Gasteiger partial charge in [-0.15, -0.1) is 0 Å². The van der Waals surface area contributed by atoms with E-state index in [1.807, 2.05) is 12.1 Å². The van der Waals surface area contributed by atoms with Crippen LogP contribution >= 0.6 is 0 Å². The van der Waals surface area contributed by atoms with Crippen LogP contribution in [0.2, 0.25) is 0 Å². The Hall–Kier alpha value is -2.08. The second-order valence-corrected chi connectivity index (χ2v) is 4.62. The summed E-state index contributed by atoms with van der Waals surface area (Å²) in [7, 11) is 1.47. The van der Waals surface area contributed by atoms with Gasteiger partial charge in [0, 0.05) is 38.1 Å². The first-order valence-corrected chi connectivity index (χ1v) is 7.05. The van der Waals surface area contributed by atoms with E-state index in [2.05, 4.69) is 24.1 Å². The molecule has 0 aliphatic heterocycles. The lowest BCUT2D eigenvalue weighted by atomic mass is 10.2. The topological polar surface area (TPSA) is 72.9 Å². The maximum atomic E-state index is 11.8. The van der Waals surface area contributed by atoms with Gasteiger partial charge in [0.05, 0.1) is 6.61 Å². The summed E-state index contributed by atoms with van der Waals surface area (Å²) in [4.78, 5) is 26.8. The van der Waals surface area contributed by atoms with Crippen molar-refractivity contribution in [3.63, 3.8) is 0 Å². The van der Waals surface area contributed by atoms with Crippen LogP contribution in [0.5, 0.6) is 0 Å². The number of carbonyl (C=O) groups excluding carboxylic acids is 2. The molecule has 0 bridgehead atoms. The summed E-state index contributed by atoms with van der Waals surface area (Å²) in [5.74, 6) is -1.38. The summed E-state index contributed by atoms with van der Waals surface area (Å²) < 4.78 is 0. The van der Waals surface area contributed by atoms with Crippen molar-refractivity contribution in [3.05, 3.63) is 24.3 Å². The zero-order chi connectivity index (χ0) is 15.8. The largest absolute Gasteiger partial charge is 0.395 e. The average molecular weight is 293 g/mol. The van der Waals surface area contributed by atoms with Crippen molar-refractivity contribution in [2.75, 3.05) is 43.5 Å². The highest BCUT2D eigenvalue weighted by Crippen LogP contribution is 2.17. The van der Waals surface area contributed by atoms with E-state index in [1.54, 1.807) is 12.1 Å². The second kappa shape index (κ2) is 8.26. The number of benzene rings is 1. The first-order valence-electron chi connectivity index (χ1n) is 7.05. The monoisotopic (exact) mass is 293 g/mol. The molecule has 0 saturated carbocycles. The van der Waals surface area contributed by atoms with E-state index in [9.17, 15) is 9.59 Å². The molecule has 0 unspecified atom stereocenters. The third-order valence-electron chi connectivity index (χ3n) is 3.23. The number of amides is 2. The van der Waals surface area contributed by atoms with Gasteiger partial charge in [-0.1, -0.05) is 0 Å². The predicted molar refractivity (Wildman–Crippen MR) is 83.4 cm³/mol. The Kier molecular flexibility index (Phi) is 6.68. The molecule has 21 heavy (non-hydrogen) atoms. The van der Waals surface area contributed by atoms with Gasteiger partial charge < -0.3 is 20.2 Å². The predicted octanol–water partition coefficient (Wildman–Crippen LogP) is 0.922. The van der Waals surface area contributed by atoms with Crippen LogP contribution in [0.3, 0.4) is 0 Å². The molecule has 1 rings (SSSR count). The van der Waals surface area contributed by atoms with Gasteiger partial charge in [-0.25, -0.2) is 0 Å². The highest BCUT2D eigenvalue weighted by molar-refractivity contribution is 6.39. The van der Waals surface area contributed by atoms with E-state index in [4.69, 9.17) is 5.11 Å². The Morgan fingerprint density at radius 3 is 2.19 bits per heavy atom. The Bertz CT molecular complexity index is 470. The summed E-state index contributed by atoms with van der Waals surface area (Å²) in [6.45, 7) is 5.93. The first-order chi connectivity index (χ1) is 10.0. The first kappa shape index (κ1) is 17.0. The van der Waals surface area contributed by atoms with E-state index in [0.29, 0.717) is 5.69 Å². The van der Waals surface area contributed by atoms with Crippen molar-refractivity contribution in [1.82, 2.24) is 4.90 Å². The molecule has 0 aromatic heterocycles. The van der Waals surface area contributed by atoms with E-state index >= 15 is 0 Å². The fourth-order valence-electron chi connectivity index (χ4n) is 1.95. The van der Waals surface area contributed by atoms with Gasteiger partial charge in [0.15, 0.2) is 0 Å². The number of nitrogens with zero attached hydrogens (tertiary/aromatic N) is 2. The third-order valence-corrected chi connectivity index (χ3v) is 3.23. The molecular formula is C15H23N3O3. The molecule has 1 aromatic rings. The lowest BCUT2D eigenvalue weighted by molar-refractivity contribution is -0.142. The van der Waals surface area contributed by atoms with E-state index in [0.717, 1.165) is 18.8 Å². The number of nitrogens with one attached hydrogen (secondary N) is 1. The number of aliphatic hydroxyl groups excluding tert-OH is 1. The van der Waals surface area contributed by atoms with Gasteiger partial charge in [0.1, 0.15) is 0 Å². The van der Waals surface area contributed by atoms with Crippen LogP contribution in [0.4, 0.5) is 11.4 Å². The van der Waals surface area contributed by atoms with E-state index < -0.39 is 11.8 Å². The van der Waals surface area contributed by atoms with E-state index in [-0.39, 0.29) is 13.2 Å². The zero-order valence-electron chi connectivity index (χ0n) is 12.8. The van der Waals surface area contributed by atoms with Gasteiger partial charge in [0.25, 0.3) is 0 Å². The molecule has 0 radical (unpaired) electrons. The van der Waals surface area contributed by atoms with Crippen molar-refractivity contribution in [2.45, 2.75) is 13.8 Å². The Morgan fingerprint density at radius 1 is 1.14 bits per heavy atom. The fraction of sp³-hybridized carbons (Fsp3) is 0.467. The van der Waals surface area contributed by atoms with Crippen molar-refractivity contribution in [3.8, 4) is 0 Å². The molecule has 1 aromatic carbocycles. The number of carbonyl (C=O) groups is 2. The third kappa shape index (κ3) is 4.75. The highest BCUT2D eigenvalue weighted by Gasteiger charge is 2.18. The molecule has 0 saturated heterocycles.